The van der Waals surface area contributed by atoms with Crippen molar-refractivity contribution in [2.75, 3.05) is 6.54 Å². The summed E-state index contributed by atoms with van der Waals surface area (Å²) in [5.41, 5.74) is 6.45. The fraction of sp³-hybridized carbons (Fsp3) is 0.462. The van der Waals surface area contributed by atoms with E-state index in [0.29, 0.717) is 13.0 Å². The van der Waals surface area contributed by atoms with Crippen LogP contribution in [0.2, 0.25) is 0 Å². The molecule has 100 valence electrons. The summed E-state index contributed by atoms with van der Waals surface area (Å²) in [6, 6.07) is 8.19. The quantitative estimate of drug-likeness (QED) is 0.890. The highest BCUT2D eigenvalue weighted by atomic mass is 79.9. The lowest BCUT2D eigenvalue weighted by molar-refractivity contribution is -0.124. The van der Waals surface area contributed by atoms with Crippen LogP contribution in [0.4, 0.5) is 0 Å². The smallest absolute Gasteiger partial charge is 0.221 e. The first-order valence-corrected chi connectivity index (χ1v) is 6.73. The van der Waals surface area contributed by atoms with Gasteiger partial charge in [-0.3, -0.25) is 4.79 Å². The first-order chi connectivity index (χ1) is 8.16. The van der Waals surface area contributed by atoms with Gasteiger partial charge in [-0.2, -0.15) is 0 Å². The minimum Gasteiger partial charge on any atom is -0.347 e. The van der Waals surface area contributed by atoms with Gasteiger partial charge in [0.05, 0.1) is 5.54 Å². The molecular formula is C13H18BrClN2O. The van der Waals surface area contributed by atoms with E-state index in [-0.39, 0.29) is 23.9 Å². The van der Waals surface area contributed by atoms with Gasteiger partial charge in [-0.15, -0.1) is 12.4 Å². The average molecular weight is 334 g/mol. The van der Waals surface area contributed by atoms with Crippen LogP contribution in [-0.2, 0) is 10.3 Å². The van der Waals surface area contributed by atoms with Gasteiger partial charge < -0.3 is 11.1 Å². The van der Waals surface area contributed by atoms with E-state index in [4.69, 9.17) is 5.73 Å². The third-order valence-corrected chi connectivity index (χ3v) is 3.88. The van der Waals surface area contributed by atoms with E-state index in [1.165, 1.54) is 12.0 Å². The Morgan fingerprint density at radius 2 is 1.94 bits per heavy atom. The summed E-state index contributed by atoms with van der Waals surface area (Å²) in [7, 11) is 0. The van der Waals surface area contributed by atoms with Crippen LogP contribution in [0.15, 0.2) is 28.7 Å². The summed E-state index contributed by atoms with van der Waals surface area (Å²) in [6.45, 7) is 0.405. The van der Waals surface area contributed by atoms with E-state index >= 15 is 0 Å². The number of benzene rings is 1. The summed E-state index contributed by atoms with van der Waals surface area (Å²) < 4.78 is 1.06. The molecular weight excluding hydrogens is 316 g/mol. The Kier molecular flexibility index (Phi) is 5.63. The predicted molar refractivity (Wildman–Crippen MR) is 78.7 cm³/mol. The molecule has 18 heavy (non-hydrogen) atoms. The van der Waals surface area contributed by atoms with Crippen LogP contribution in [0, 0.1) is 0 Å². The second kappa shape index (κ2) is 6.55. The first kappa shape index (κ1) is 15.5. The molecule has 0 atom stereocenters. The van der Waals surface area contributed by atoms with Crippen molar-refractivity contribution in [3.05, 3.63) is 34.3 Å². The highest BCUT2D eigenvalue weighted by Crippen LogP contribution is 2.41. The molecule has 2 rings (SSSR count). The van der Waals surface area contributed by atoms with Crippen molar-refractivity contribution in [3.63, 3.8) is 0 Å². The van der Waals surface area contributed by atoms with Crippen molar-refractivity contribution in [2.24, 2.45) is 5.73 Å². The molecule has 0 heterocycles. The number of halogens is 2. The third kappa shape index (κ3) is 3.25. The van der Waals surface area contributed by atoms with E-state index in [9.17, 15) is 4.79 Å². The molecule has 0 aromatic heterocycles. The normalized spacial score (nSPS) is 16.3. The number of hydrogen-bond donors (Lipinski definition) is 2. The monoisotopic (exact) mass is 332 g/mol. The van der Waals surface area contributed by atoms with Crippen LogP contribution in [0.5, 0.6) is 0 Å². The molecule has 1 aromatic rings. The van der Waals surface area contributed by atoms with Gasteiger partial charge in [0.25, 0.3) is 0 Å². The van der Waals surface area contributed by atoms with Gasteiger partial charge in [0, 0.05) is 17.4 Å². The van der Waals surface area contributed by atoms with Crippen molar-refractivity contribution >= 4 is 34.2 Å². The lowest BCUT2D eigenvalue weighted by atomic mass is 9.71. The van der Waals surface area contributed by atoms with Crippen LogP contribution >= 0.6 is 28.3 Å². The first-order valence-electron chi connectivity index (χ1n) is 5.93. The molecule has 1 fully saturated rings. The minimum atomic E-state index is -0.146. The van der Waals surface area contributed by atoms with E-state index in [1.807, 2.05) is 12.1 Å². The maximum absolute atomic E-state index is 11.7. The van der Waals surface area contributed by atoms with Crippen molar-refractivity contribution in [2.45, 2.75) is 31.2 Å². The van der Waals surface area contributed by atoms with Crippen molar-refractivity contribution in [1.29, 1.82) is 0 Å². The number of nitrogens with one attached hydrogen (secondary N) is 1. The Hall–Kier alpha value is -0.580. The molecule has 3 nitrogen and oxygen atoms in total. The van der Waals surface area contributed by atoms with Gasteiger partial charge in [0.2, 0.25) is 5.91 Å². The fourth-order valence-corrected chi connectivity index (χ4v) is 2.51. The molecule has 0 bridgehead atoms. The number of carbonyl (C=O) groups excluding carboxylic acids is 1. The van der Waals surface area contributed by atoms with Gasteiger partial charge in [0.15, 0.2) is 0 Å². The number of amides is 1. The van der Waals surface area contributed by atoms with Gasteiger partial charge >= 0.3 is 0 Å². The Bertz CT molecular complexity index is 404. The molecule has 0 radical (unpaired) electrons. The lowest BCUT2D eigenvalue weighted by Crippen LogP contribution is -2.51. The Labute approximate surface area is 122 Å². The standard InChI is InChI=1S/C13H17BrN2O.ClH/c14-11-4-2-10(3-5-11)13(7-1-8-13)16-12(17)6-9-15;/h2-5H,1,6-9,15H2,(H,16,17);1H. The number of hydrogen-bond acceptors (Lipinski definition) is 2. The van der Waals surface area contributed by atoms with Gasteiger partial charge in [-0.05, 0) is 37.0 Å². The minimum absolute atomic E-state index is 0. The molecule has 1 saturated carbocycles. The Morgan fingerprint density at radius 1 is 1.33 bits per heavy atom. The molecule has 0 unspecified atom stereocenters. The van der Waals surface area contributed by atoms with Crippen molar-refractivity contribution in [3.8, 4) is 0 Å². The molecule has 1 aliphatic rings. The van der Waals surface area contributed by atoms with E-state index in [2.05, 4.69) is 33.4 Å². The zero-order valence-electron chi connectivity index (χ0n) is 10.1. The molecule has 1 aromatic carbocycles. The Morgan fingerprint density at radius 3 is 2.39 bits per heavy atom. The van der Waals surface area contributed by atoms with Crippen LogP contribution in [0.3, 0.4) is 0 Å². The van der Waals surface area contributed by atoms with E-state index in [0.717, 1.165) is 17.3 Å². The summed E-state index contributed by atoms with van der Waals surface area (Å²) in [5, 5.41) is 3.13. The molecule has 1 amide bonds. The van der Waals surface area contributed by atoms with Crippen LogP contribution in [0.25, 0.3) is 0 Å². The average Bonchev–Trinajstić information content (AvgIpc) is 2.25. The summed E-state index contributed by atoms with van der Waals surface area (Å²) >= 11 is 3.42. The van der Waals surface area contributed by atoms with Crippen LogP contribution in [-0.4, -0.2) is 12.5 Å². The molecule has 1 aliphatic carbocycles. The van der Waals surface area contributed by atoms with Crippen LogP contribution < -0.4 is 11.1 Å². The topological polar surface area (TPSA) is 55.1 Å². The molecule has 3 N–H and O–H groups in total. The molecule has 0 spiro atoms. The molecule has 0 saturated heterocycles. The highest BCUT2D eigenvalue weighted by Gasteiger charge is 2.39. The maximum atomic E-state index is 11.7. The summed E-state index contributed by atoms with van der Waals surface area (Å²) in [4.78, 5) is 11.7. The second-order valence-corrected chi connectivity index (χ2v) is 5.45. The zero-order chi connectivity index (χ0) is 12.3. The summed E-state index contributed by atoms with van der Waals surface area (Å²) in [5.74, 6) is 0.0510. The summed E-state index contributed by atoms with van der Waals surface area (Å²) in [6.07, 6.45) is 3.60. The largest absolute Gasteiger partial charge is 0.347 e. The van der Waals surface area contributed by atoms with Gasteiger partial charge in [0.1, 0.15) is 0 Å². The van der Waals surface area contributed by atoms with Crippen LogP contribution in [0.1, 0.15) is 31.2 Å². The molecule has 0 aliphatic heterocycles. The number of carbonyl (C=O) groups is 1. The third-order valence-electron chi connectivity index (χ3n) is 3.35. The zero-order valence-corrected chi connectivity index (χ0v) is 12.5. The lowest BCUT2D eigenvalue weighted by Gasteiger charge is -2.43. The Balaban J connectivity index is 0.00000162. The van der Waals surface area contributed by atoms with Gasteiger partial charge in [-0.25, -0.2) is 0 Å². The van der Waals surface area contributed by atoms with E-state index in [1.54, 1.807) is 0 Å². The number of rotatable bonds is 4. The highest BCUT2D eigenvalue weighted by molar-refractivity contribution is 9.10. The number of nitrogens with two attached hydrogens (primary N) is 1. The predicted octanol–water partition coefficient (Wildman–Crippen LogP) is 2.72. The van der Waals surface area contributed by atoms with E-state index < -0.39 is 0 Å². The maximum Gasteiger partial charge on any atom is 0.221 e. The van der Waals surface area contributed by atoms with Crippen molar-refractivity contribution < 1.29 is 4.79 Å². The SMILES string of the molecule is Cl.NCCC(=O)NC1(c2ccc(Br)cc2)CCC1. The second-order valence-electron chi connectivity index (χ2n) is 4.53. The fourth-order valence-electron chi connectivity index (χ4n) is 2.25. The van der Waals surface area contributed by atoms with Crippen molar-refractivity contribution in [1.82, 2.24) is 5.32 Å². The van der Waals surface area contributed by atoms with Gasteiger partial charge in [-0.1, -0.05) is 28.1 Å². The molecule has 5 heteroatoms.